The molecule has 0 saturated heterocycles. The zero-order valence-electron chi connectivity index (χ0n) is 16.5. The van der Waals surface area contributed by atoms with Crippen molar-refractivity contribution in [2.24, 2.45) is 4.99 Å². The monoisotopic (exact) mass is 496 g/mol. The zero-order valence-corrected chi connectivity index (χ0v) is 18.8. The first-order valence-electron chi connectivity index (χ1n) is 9.58. The Bertz CT molecular complexity index is 729. The Morgan fingerprint density at radius 1 is 1.11 bits per heavy atom. The lowest BCUT2D eigenvalue weighted by Gasteiger charge is -2.16. The molecule has 2 N–H and O–H groups in total. The van der Waals surface area contributed by atoms with Crippen LogP contribution in [0.5, 0.6) is 17.4 Å². The summed E-state index contributed by atoms with van der Waals surface area (Å²) in [5.74, 6) is 2.96. The van der Waals surface area contributed by atoms with Gasteiger partial charge in [0.2, 0.25) is 5.88 Å². The van der Waals surface area contributed by atoms with Crippen molar-refractivity contribution in [3.8, 4) is 17.4 Å². The van der Waals surface area contributed by atoms with E-state index < -0.39 is 0 Å². The van der Waals surface area contributed by atoms with Gasteiger partial charge in [0.25, 0.3) is 0 Å². The molecular formula is C21H29IN4O2. The number of aromatic nitrogens is 1. The van der Waals surface area contributed by atoms with E-state index in [1.807, 2.05) is 42.6 Å². The van der Waals surface area contributed by atoms with Gasteiger partial charge in [-0.1, -0.05) is 18.9 Å². The lowest BCUT2D eigenvalue weighted by atomic mass is 10.2. The predicted octanol–water partition coefficient (Wildman–Crippen LogP) is 4.50. The molecule has 1 aliphatic carbocycles. The molecule has 0 unspecified atom stereocenters. The van der Waals surface area contributed by atoms with E-state index in [1.165, 1.54) is 25.7 Å². The predicted molar refractivity (Wildman–Crippen MR) is 123 cm³/mol. The number of hydrogen-bond donors (Lipinski definition) is 2. The number of aliphatic imine (C=N–C) groups is 1. The number of ether oxygens (including phenoxy) is 2. The van der Waals surface area contributed by atoms with E-state index in [2.05, 4.69) is 27.5 Å². The van der Waals surface area contributed by atoms with E-state index in [1.54, 1.807) is 7.11 Å². The van der Waals surface area contributed by atoms with Crippen LogP contribution in [-0.2, 0) is 6.54 Å². The van der Waals surface area contributed by atoms with Crippen molar-refractivity contribution in [3.05, 3.63) is 48.2 Å². The lowest BCUT2D eigenvalue weighted by molar-refractivity contribution is 0.412. The Balaban J connectivity index is 0.00000280. The normalized spacial score (nSPS) is 14.3. The Morgan fingerprint density at radius 2 is 1.82 bits per heavy atom. The van der Waals surface area contributed by atoms with Gasteiger partial charge in [0.05, 0.1) is 13.7 Å². The van der Waals surface area contributed by atoms with Gasteiger partial charge in [-0.25, -0.2) is 9.98 Å². The molecule has 0 bridgehead atoms. The molecule has 0 atom stereocenters. The first kappa shape index (κ1) is 22.3. The van der Waals surface area contributed by atoms with E-state index in [0.29, 0.717) is 18.5 Å². The molecular weight excluding hydrogens is 467 g/mol. The quantitative estimate of drug-likeness (QED) is 0.336. The summed E-state index contributed by atoms with van der Waals surface area (Å²) in [6.45, 7) is 3.52. The number of rotatable bonds is 7. The number of pyridine rings is 1. The van der Waals surface area contributed by atoms with Gasteiger partial charge in [-0.2, -0.15) is 0 Å². The average Bonchev–Trinajstić information content (AvgIpc) is 3.21. The van der Waals surface area contributed by atoms with Crippen LogP contribution >= 0.6 is 24.0 Å². The Hall–Kier alpha value is -2.03. The number of hydrogen-bond acceptors (Lipinski definition) is 4. The highest BCUT2D eigenvalue weighted by molar-refractivity contribution is 14.0. The maximum Gasteiger partial charge on any atom is 0.219 e. The standard InChI is InChI=1S/C21H28N4O2.HI/c1-3-22-21(25-17-6-4-5-7-17)24-15-16-8-13-20(23-14-16)27-19-11-9-18(26-2)10-12-19;/h8-14,17H,3-7,15H2,1-2H3,(H2,22,24,25);1H. The largest absolute Gasteiger partial charge is 0.497 e. The molecule has 0 aliphatic heterocycles. The summed E-state index contributed by atoms with van der Waals surface area (Å²) in [6.07, 6.45) is 6.86. The van der Waals surface area contributed by atoms with Gasteiger partial charge in [0.1, 0.15) is 11.5 Å². The van der Waals surface area contributed by atoms with E-state index >= 15 is 0 Å². The maximum atomic E-state index is 5.76. The molecule has 1 aromatic heterocycles. The number of benzene rings is 1. The average molecular weight is 496 g/mol. The van der Waals surface area contributed by atoms with Crippen LogP contribution in [0, 0.1) is 0 Å². The van der Waals surface area contributed by atoms with E-state index in [9.17, 15) is 0 Å². The second-order valence-corrected chi connectivity index (χ2v) is 6.60. The Kier molecular flexibility index (Phi) is 9.33. The molecule has 0 radical (unpaired) electrons. The minimum atomic E-state index is 0. The number of nitrogens with one attached hydrogen (secondary N) is 2. The molecule has 1 aromatic carbocycles. The Morgan fingerprint density at radius 3 is 2.43 bits per heavy atom. The molecule has 7 heteroatoms. The summed E-state index contributed by atoms with van der Waals surface area (Å²) < 4.78 is 10.9. The smallest absolute Gasteiger partial charge is 0.219 e. The topological polar surface area (TPSA) is 67.8 Å². The molecule has 1 aliphatic rings. The van der Waals surface area contributed by atoms with E-state index in [-0.39, 0.29) is 24.0 Å². The highest BCUT2D eigenvalue weighted by atomic mass is 127. The van der Waals surface area contributed by atoms with Gasteiger partial charge in [-0.15, -0.1) is 24.0 Å². The van der Waals surface area contributed by atoms with E-state index in [4.69, 9.17) is 9.47 Å². The van der Waals surface area contributed by atoms with Crippen LogP contribution in [0.25, 0.3) is 0 Å². The second kappa shape index (κ2) is 11.7. The third-order valence-corrected chi connectivity index (χ3v) is 4.54. The number of halogens is 1. The van der Waals surface area contributed by atoms with E-state index in [0.717, 1.165) is 29.6 Å². The third kappa shape index (κ3) is 6.85. The summed E-state index contributed by atoms with van der Waals surface area (Å²) in [4.78, 5) is 9.06. The third-order valence-electron chi connectivity index (χ3n) is 4.54. The summed E-state index contributed by atoms with van der Waals surface area (Å²) in [5.41, 5.74) is 1.04. The van der Waals surface area contributed by atoms with Crippen LogP contribution in [0.1, 0.15) is 38.2 Å². The van der Waals surface area contributed by atoms with Crippen molar-refractivity contribution in [2.45, 2.75) is 45.2 Å². The van der Waals surface area contributed by atoms with Gasteiger partial charge in [0, 0.05) is 24.8 Å². The van der Waals surface area contributed by atoms with Gasteiger partial charge < -0.3 is 20.1 Å². The SMILES string of the molecule is CCNC(=NCc1ccc(Oc2ccc(OC)cc2)nc1)NC1CCCC1.I. The highest BCUT2D eigenvalue weighted by Gasteiger charge is 2.15. The van der Waals surface area contributed by atoms with Gasteiger partial charge in [0.15, 0.2) is 5.96 Å². The van der Waals surface area contributed by atoms with Crippen molar-refractivity contribution in [1.82, 2.24) is 15.6 Å². The molecule has 1 heterocycles. The molecule has 152 valence electrons. The summed E-state index contributed by atoms with van der Waals surface area (Å²) in [5, 5.41) is 6.84. The fourth-order valence-electron chi connectivity index (χ4n) is 3.08. The molecule has 6 nitrogen and oxygen atoms in total. The first-order chi connectivity index (χ1) is 13.3. The minimum Gasteiger partial charge on any atom is -0.497 e. The number of methoxy groups -OCH3 is 1. The van der Waals surface area contributed by atoms with Crippen LogP contribution < -0.4 is 20.1 Å². The minimum absolute atomic E-state index is 0. The van der Waals surface area contributed by atoms with Crippen molar-refractivity contribution >= 4 is 29.9 Å². The zero-order chi connectivity index (χ0) is 18.9. The van der Waals surface area contributed by atoms with Crippen molar-refractivity contribution in [3.63, 3.8) is 0 Å². The Labute approximate surface area is 184 Å². The molecule has 3 rings (SSSR count). The van der Waals surface area contributed by atoms with Crippen LogP contribution in [0.3, 0.4) is 0 Å². The first-order valence-corrected chi connectivity index (χ1v) is 9.58. The van der Waals surface area contributed by atoms with Crippen LogP contribution in [0.4, 0.5) is 0 Å². The second-order valence-electron chi connectivity index (χ2n) is 6.60. The molecule has 1 saturated carbocycles. The molecule has 28 heavy (non-hydrogen) atoms. The molecule has 0 amide bonds. The van der Waals surface area contributed by atoms with Gasteiger partial charge in [-0.3, -0.25) is 0 Å². The number of nitrogens with zero attached hydrogens (tertiary/aromatic N) is 2. The molecule has 1 fully saturated rings. The molecule has 2 aromatic rings. The van der Waals surface area contributed by atoms with Gasteiger partial charge in [-0.05, 0) is 49.6 Å². The highest BCUT2D eigenvalue weighted by Crippen LogP contribution is 2.22. The maximum absolute atomic E-state index is 5.76. The van der Waals surface area contributed by atoms with Crippen molar-refractivity contribution < 1.29 is 9.47 Å². The fraction of sp³-hybridized carbons (Fsp3) is 0.429. The fourth-order valence-corrected chi connectivity index (χ4v) is 3.08. The van der Waals surface area contributed by atoms with Crippen molar-refractivity contribution in [1.29, 1.82) is 0 Å². The van der Waals surface area contributed by atoms with Gasteiger partial charge >= 0.3 is 0 Å². The van der Waals surface area contributed by atoms with Crippen LogP contribution in [0.2, 0.25) is 0 Å². The van der Waals surface area contributed by atoms with Crippen molar-refractivity contribution in [2.75, 3.05) is 13.7 Å². The summed E-state index contributed by atoms with van der Waals surface area (Å²) in [7, 11) is 1.64. The molecule has 0 spiro atoms. The summed E-state index contributed by atoms with van der Waals surface area (Å²) >= 11 is 0. The number of guanidine groups is 1. The van der Waals surface area contributed by atoms with Crippen LogP contribution in [-0.4, -0.2) is 30.6 Å². The summed E-state index contributed by atoms with van der Waals surface area (Å²) in [6, 6.07) is 11.8. The lowest BCUT2D eigenvalue weighted by Crippen LogP contribution is -2.42. The van der Waals surface area contributed by atoms with Crippen LogP contribution in [0.15, 0.2) is 47.6 Å².